The summed E-state index contributed by atoms with van der Waals surface area (Å²) in [6, 6.07) is 4.29. The van der Waals surface area contributed by atoms with Gasteiger partial charge in [0.1, 0.15) is 5.82 Å². The van der Waals surface area contributed by atoms with E-state index in [-0.39, 0.29) is 5.82 Å². The van der Waals surface area contributed by atoms with E-state index in [1.54, 1.807) is 6.07 Å². The SMILES string of the molecule is CN(CC(N)=S)Cc1cc(F)ccc1Cl. The molecule has 2 N–H and O–H groups in total. The molecule has 82 valence electrons. The number of nitrogens with two attached hydrogens (primary N) is 1. The molecule has 0 radical (unpaired) electrons. The summed E-state index contributed by atoms with van der Waals surface area (Å²) in [7, 11) is 1.85. The minimum absolute atomic E-state index is 0.293. The van der Waals surface area contributed by atoms with Crippen LogP contribution in [0.5, 0.6) is 0 Å². The molecule has 1 rings (SSSR count). The molecule has 0 aliphatic rings. The van der Waals surface area contributed by atoms with Crippen LogP contribution >= 0.6 is 23.8 Å². The monoisotopic (exact) mass is 246 g/mol. The standard InChI is InChI=1S/C10H12ClFN2S/c1-14(6-10(13)15)5-7-4-8(12)2-3-9(7)11/h2-4H,5-6H2,1H3,(H2,13,15). The molecule has 0 saturated heterocycles. The van der Waals surface area contributed by atoms with E-state index in [0.29, 0.717) is 23.1 Å². The van der Waals surface area contributed by atoms with Crippen molar-refractivity contribution in [1.29, 1.82) is 0 Å². The predicted molar refractivity (Wildman–Crippen MR) is 64.5 cm³/mol. The fourth-order valence-electron chi connectivity index (χ4n) is 1.28. The lowest BCUT2D eigenvalue weighted by molar-refractivity contribution is 0.374. The van der Waals surface area contributed by atoms with Crippen molar-refractivity contribution in [3.05, 3.63) is 34.6 Å². The molecule has 0 atom stereocenters. The van der Waals surface area contributed by atoms with E-state index in [0.717, 1.165) is 5.56 Å². The lowest BCUT2D eigenvalue weighted by atomic mass is 10.2. The molecule has 1 aromatic carbocycles. The Kier molecular flexibility index (Phi) is 4.45. The topological polar surface area (TPSA) is 29.3 Å². The van der Waals surface area contributed by atoms with Crippen molar-refractivity contribution in [3.63, 3.8) is 0 Å². The Bertz CT molecular complexity index is 370. The normalized spacial score (nSPS) is 10.7. The second kappa shape index (κ2) is 5.39. The molecule has 0 amide bonds. The van der Waals surface area contributed by atoms with Crippen LogP contribution < -0.4 is 5.73 Å². The van der Waals surface area contributed by atoms with Gasteiger partial charge >= 0.3 is 0 Å². The first-order valence-electron chi connectivity index (χ1n) is 4.40. The predicted octanol–water partition coefficient (Wildman–Crippen LogP) is 2.20. The van der Waals surface area contributed by atoms with E-state index in [1.165, 1.54) is 12.1 Å². The average molecular weight is 247 g/mol. The molecular formula is C10H12ClFN2S. The zero-order chi connectivity index (χ0) is 11.4. The van der Waals surface area contributed by atoms with Gasteiger partial charge in [-0.15, -0.1) is 0 Å². The van der Waals surface area contributed by atoms with Crippen molar-refractivity contribution >= 4 is 28.8 Å². The summed E-state index contributed by atoms with van der Waals surface area (Å²) in [4.78, 5) is 2.29. The summed E-state index contributed by atoms with van der Waals surface area (Å²) in [5.74, 6) is -0.293. The van der Waals surface area contributed by atoms with Crippen molar-refractivity contribution < 1.29 is 4.39 Å². The summed E-state index contributed by atoms with van der Waals surface area (Å²) in [6.07, 6.45) is 0. The Morgan fingerprint density at radius 3 is 2.87 bits per heavy atom. The van der Waals surface area contributed by atoms with Gasteiger partial charge in [-0.3, -0.25) is 4.90 Å². The Hall–Kier alpha value is -0.710. The zero-order valence-electron chi connectivity index (χ0n) is 8.34. The van der Waals surface area contributed by atoms with Crippen LogP contribution in [0.3, 0.4) is 0 Å². The van der Waals surface area contributed by atoms with Crippen molar-refractivity contribution in [2.75, 3.05) is 13.6 Å². The third-order valence-corrected chi connectivity index (χ3v) is 2.37. The molecule has 0 unspecified atom stereocenters. The lowest BCUT2D eigenvalue weighted by Crippen LogP contribution is -2.29. The van der Waals surface area contributed by atoms with Crippen LogP contribution in [-0.2, 0) is 6.54 Å². The second-order valence-corrected chi connectivity index (χ2v) is 4.31. The van der Waals surface area contributed by atoms with Crippen LogP contribution in [0.15, 0.2) is 18.2 Å². The van der Waals surface area contributed by atoms with Crippen LogP contribution in [0.25, 0.3) is 0 Å². The molecule has 0 aliphatic carbocycles. The van der Waals surface area contributed by atoms with Crippen molar-refractivity contribution in [2.24, 2.45) is 5.73 Å². The zero-order valence-corrected chi connectivity index (χ0v) is 9.91. The van der Waals surface area contributed by atoms with Crippen LogP contribution in [0.1, 0.15) is 5.56 Å². The third-order valence-electron chi connectivity index (χ3n) is 1.87. The number of halogens is 2. The average Bonchev–Trinajstić information content (AvgIpc) is 2.10. The molecule has 15 heavy (non-hydrogen) atoms. The molecule has 5 heteroatoms. The number of hydrogen-bond donors (Lipinski definition) is 1. The quantitative estimate of drug-likeness (QED) is 0.826. The first-order valence-corrected chi connectivity index (χ1v) is 5.18. The van der Waals surface area contributed by atoms with Gasteiger partial charge in [-0.05, 0) is 30.8 Å². The van der Waals surface area contributed by atoms with Gasteiger partial charge in [0, 0.05) is 18.1 Å². The molecule has 2 nitrogen and oxygen atoms in total. The van der Waals surface area contributed by atoms with Gasteiger partial charge in [0.2, 0.25) is 0 Å². The molecule has 0 saturated carbocycles. The van der Waals surface area contributed by atoms with Crippen molar-refractivity contribution in [2.45, 2.75) is 6.54 Å². The number of benzene rings is 1. The summed E-state index contributed by atoms with van der Waals surface area (Å²) in [5, 5.41) is 0.547. The van der Waals surface area contributed by atoms with E-state index < -0.39 is 0 Å². The van der Waals surface area contributed by atoms with E-state index in [9.17, 15) is 4.39 Å². The van der Waals surface area contributed by atoms with Crippen LogP contribution in [0, 0.1) is 5.82 Å². The Balaban J connectivity index is 2.71. The van der Waals surface area contributed by atoms with E-state index in [2.05, 4.69) is 0 Å². The Morgan fingerprint density at radius 2 is 2.27 bits per heavy atom. The third kappa shape index (κ3) is 4.11. The van der Waals surface area contributed by atoms with Crippen LogP contribution in [-0.4, -0.2) is 23.5 Å². The molecule has 0 heterocycles. The summed E-state index contributed by atoms with van der Waals surface area (Å²) >= 11 is 10.7. The highest BCUT2D eigenvalue weighted by molar-refractivity contribution is 7.80. The Labute approximate surface area is 98.8 Å². The molecule has 0 aliphatic heterocycles. The van der Waals surface area contributed by atoms with Gasteiger partial charge in [0.05, 0.1) is 4.99 Å². The van der Waals surface area contributed by atoms with Crippen LogP contribution in [0.4, 0.5) is 4.39 Å². The highest BCUT2D eigenvalue weighted by atomic mass is 35.5. The maximum Gasteiger partial charge on any atom is 0.123 e. The first-order chi connectivity index (χ1) is 6.99. The van der Waals surface area contributed by atoms with E-state index in [1.807, 2.05) is 11.9 Å². The number of hydrogen-bond acceptors (Lipinski definition) is 2. The van der Waals surface area contributed by atoms with Crippen molar-refractivity contribution in [1.82, 2.24) is 4.90 Å². The summed E-state index contributed by atoms with van der Waals surface area (Å²) in [5.41, 5.74) is 6.13. The fraction of sp³-hybridized carbons (Fsp3) is 0.300. The maximum atomic E-state index is 12.9. The van der Waals surface area contributed by atoms with Crippen molar-refractivity contribution in [3.8, 4) is 0 Å². The first kappa shape index (κ1) is 12.4. The minimum atomic E-state index is -0.293. The molecule has 0 bridgehead atoms. The van der Waals surface area contributed by atoms with Gasteiger partial charge < -0.3 is 5.73 Å². The molecule has 1 aromatic rings. The second-order valence-electron chi connectivity index (χ2n) is 3.37. The Morgan fingerprint density at radius 1 is 1.60 bits per heavy atom. The summed E-state index contributed by atoms with van der Waals surface area (Å²) in [6.45, 7) is 1.01. The smallest absolute Gasteiger partial charge is 0.123 e. The highest BCUT2D eigenvalue weighted by Gasteiger charge is 2.06. The van der Waals surface area contributed by atoms with Gasteiger partial charge in [-0.25, -0.2) is 4.39 Å². The molecule has 0 spiro atoms. The minimum Gasteiger partial charge on any atom is -0.392 e. The number of rotatable bonds is 4. The van der Waals surface area contributed by atoms with Gasteiger partial charge in [-0.2, -0.15) is 0 Å². The summed E-state index contributed by atoms with van der Waals surface area (Å²) < 4.78 is 12.9. The lowest BCUT2D eigenvalue weighted by Gasteiger charge is -2.16. The fourth-order valence-corrected chi connectivity index (χ4v) is 1.67. The number of nitrogens with zero attached hydrogens (tertiary/aromatic N) is 1. The van der Waals surface area contributed by atoms with Crippen LogP contribution in [0.2, 0.25) is 5.02 Å². The van der Waals surface area contributed by atoms with E-state index in [4.69, 9.17) is 29.6 Å². The number of thiocarbonyl (C=S) groups is 1. The number of likely N-dealkylation sites (N-methyl/N-ethyl adjacent to an activating group) is 1. The molecule has 0 aromatic heterocycles. The molecule has 0 fully saturated rings. The maximum absolute atomic E-state index is 12.9. The highest BCUT2D eigenvalue weighted by Crippen LogP contribution is 2.18. The largest absolute Gasteiger partial charge is 0.392 e. The van der Waals surface area contributed by atoms with Gasteiger partial charge in [-0.1, -0.05) is 23.8 Å². The van der Waals surface area contributed by atoms with E-state index >= 15 is 0 Å². The molecular weight excluding hydrogens is 235 g/mol. The van der Waals surface area contributed by atoms with Gasteiger partial charge in [0.15, 0.2) is 0 Å². The van der Waals surface area contributed by atoms with Gasteiger partial charge in [0.25, 0.3) is 0 Å².